The maximum Gasteiger partial charge on any atom is 0.241 e. The highest BCUT2D eigenvalue weighted by molar-refractivity contribution is 5.95. The minimum absolute atomic E-state index is 0.179. The first-order valence-electron chi connectivity index (χ1n) is 8.65. The van der Waals surface area contributed by atoms with E-state index in [4.69, 9.17) is 15.2 Å². The lowest BCUT2D eigenvalue weighted by Gasteiger charge is -2.26. The molecule has 0 radical (unpaired) electrons. The first-order chi connectivity index (χ1) is 11.3. The molecule has 1 heterocycles. The zero-order chi connectivity index (χ0) is 17.7. The molecule has 3 N–H and O–H groups in total. The second-order valence-corrected chi connectivity index (χ2v) is 7.68. The molecule has 1 aromatic rings. The van der Waals surface area contributed by atoms with Gasteiger partial charge in [-0.25, -0.2) is 0 Å². The standard InChI is InChI=1S/C19H30N2O3/c1-13-5-6-15(21-18(22)17(20)19(2,3)4)11-16(13)24-12-14-7-9-23-10-8-14/h5-6,11,14,17H,7-10,12,20H2,1-4H3,(H,21,22)/t17-/m1/s1. The Hall–Kier alpha value is -1.59. The molecule has 0 saturated carbocycles. The van der Waals surface area contributed by atoms with E-state index in [2.05, 4.69) is 5.32 Å². The number of hydrogen-bond donors (Lipinski definition) is 2. The highest BCUT2D eigenvalue weighted by atomic mass is 16.5. The molecule has 0 spiro atoms. The summed E-state index contributed by atoms with van der Waals surface area (Å²) >= 11 is 0. The normalized spacial score (nSPS) is 17.4. The molecule has 1 saturated heterocycles. The van der Waals surface area contributed by atoms with Gasteiger partial charge >= 0.3 is 0 Å². The summed E-state index contributed by atoms with van der Waals surface area (Å²) in [5, 5.41) is 2.89. The number of ether oxygens (including phenoxy) is 2. The number of hydrogen-bond acceptors (Lipinski definition) is 4. The van der Waals surface area contributed by atoms with E-state index in [1.165, 1.54) is 0 Å². The molecular formula is C19H30N2O3. The summed E-state index contributed by atoms with van der Waals surface area (Å²) in [5.41, 5.74) is 7.50. The summed E-state index contributed by atoms with van der Waals surface area (Å²) < 4.78 is 11.4. The van der Waals surface area contributed by atoms with Crippen molar-refractivity contribution in [3.63, 3.8) is 0 Å². The average molecular weight is 334 g/mol. The Bertz CT molecular complexity index is 560. The second-order valence-electron chi connectivity index (χ2n) is 7.68. The number of benzene rings is 1. The summed E-state index contributed by atoms with van der Waals surface area (Å²) in [6.45, 7) is 10.2. The number of amides is 1. The summed E-state index contributed by atoms with van der Waals surface area (Å²) in [6, 6.07) is 5.15. The van der Waals surface area contributed by atoms with E-state index in [9.17, 15) is 4.79 Å². The van der Waals surface area contributed by atoms with Gasteiger partial charge in [-0.1, -0.05) is 26.8 Å². The lowest BCUT2D eigenvalue weighted by atomic mass is 9.87. The van der Waals surface area contributed by atoms with Crippen molar-refractivity contribution < 1.29 is 14.3 Å². The van der Waals surface area contributed by atoms with Gasteiger partial charge in [0, 0.05) is 25.0 Å². The van der Waals surface area contributed by atoms with Crippen LogP contribution in [0.5, 0.6) is 5.75 Å². The van der Waals surface area contributed by atoms with Gasteiger partial charge in [0.15, 0.2) is 0 Å². The molecule has 1 aliphatic heterocycles. The molecule has 2 rings (SSSR count). The summed E-state index contributed by atoms with van der Waals surface area (Å²) in [5.74, 6) is 1.16. The van der Waals surface area contributed by atoms with Gasteiger partial charge in [0.25, 0.3) is 0 Å². The third kappa shape index (κ3) is 5.21. The van der Waals surface area contributed by atoms with Crippen LogP contribution in [0.3, 0.4) is 0 Å². The molecule has 1 amide bonds. The zero-order valence-electron chi connectivity index (χ0n) is 15.2. The molecule has 5 heteroatoms. The third-order valence-electron chi connectivity index (χ3n) is 4.49. The Morgan fingerprint density at radius 2 is 2.04 bits per heavy atom. The van der Waals surface area contributed by atoms with Crippen molar-refractivity contribution in [2.45, 2.75) is 46.6 Å². The number of anilines is 1. The number of rotatable bonds is 5. The van der Waals surface area contributed by atoms with Crippen LogP contribution < -0.4 is 15.8 Å². The smallest absolute Gasteiger partial charge is 0.241 e. The van der Waals surface area contributed by atoms with Crippen LogP contribution in [0.15, 0.2) is 18.2 Å². The second kappa shape index (κ2) is 7.99. The topological polar surface area (TPSA) is 73.6 Å². The molecule has 1 fully saturated rings. The quantitative estimate of drug-likeness (QED) is 0.868. The first-order valence-corrected chi connectivity index (χ1v) is 8.65. The van der Waals surface area contributed by atoms with Crippen molar-refractivity contribution in [1.82, 2.24) is 0 Å². The van der Waals surface area contributed by atoms with Crippen LogP contribution in [-0.4, -0.2) is 31.8 Å². The SMILES string of the molecule is Cc1ccc(NC(=O)[C@@H](N)C(C)(C)C)cc1OCC1CCOCC1. The lowest BCUT2D eigenvalue weighted by Crippen LogP contribution is -2.45. The van der Waals surface area contributed by atoms with Crippen molar-refractivity contribution >= 4 is 11.6 Å². The Balaban J connectivity index is 1.98. The molecule has 1 aromatic carbocycles. The lowest BCUT2D eigenvalue weighted by molar-refractivity contribution is -0.119. The maximum atomic E-state index is 12.3. The molecule has 0 aromatic heterocycles. The molecule has 0 unspecified atom stereocenters. The Morgan fingerprint density at radius 1 is 1.38 bits per heavy atom. The van der Waals surface area contributed by atoms with Crippen LogP contribution in [0.1, 0.15) is 39.2 Å². The predicted octanol–water partition coefficient (Wildman–Crippen LogP) is 3.11. The fourth-order valence-electron chi connectivity index (χ4n) is 2.57. The molecule has 1 aliphatic rings. The van der Waals surface area contributed by atoms with E-state index in [0.717, 1.165) is 37.4 Å². The average Bonchev–Trinajstić information content (AvgIpc) is 2.54. The number of nitrogens with one attached hydrogen (secondary N) is 1. The van der Waals surface area contributed by atoms with E-state index in [0.29, 0.717) is 18.2 Å². The van der Waals surface area contributed by atoms with Gasteiger partial charge in [-0.2, -0.15) is 0 Å². The van der Waals surface area contributed by atoms with Crippen LogP contribution in [-0.2, 0) is 9.53 Å². The number of carbonyl (C=O) groups excluding carboxylic acids is 1. The van der Waals surface area contributed by atoms with Gasteiger partial charge in [-0.15, -0.1) is 0 Å². The van der Waals surface area contributed by atoms with Crippen LogP contribution in [0, 0.1) is 18.3 Å². The van der Waals surface area contributed by atoms with E-state index in [-0.39, 0.29) is 11.3 Å². The number of nitrogens with two attached hydrogens (primary N) is 1. The van der Waals surface area contributed by atoms with Gasteiger partial charge in [-0.05, 0) is 42.7 Å². The largest absolute Gasteiger partial charge is 0.493 e. The van der Waals surface area contributed by atoms with Crippen molar-refractivity contribution in [2.24, 2.45) is 17.1 Å². The van der Waals surface area contributed by atoms with Crippen molar-refractivity contribution in [3.8, 4) is 5.75 Å². The fourth-order valence-corrected chi connectivity index (χ4v) is 2.57. The monoisotopic (exact) mass is 334 g/mol. The molecule has 134 valence electrons. The molecule has 1 atom stereocenters. The summed E-state index contributed by atoms with van der Waals surface area (Å²) in [7, 11) is 0. The van der Waals surface area contributed by atoms with Crippen LogP contribution in [0.25, 0.3) is 0 Å². The zero-order valence-corrected chi connectivity index (χ0v) is 15.2. The number of aryl methyl sites for hydroxylation is 1. The molecule has 5 nitrogen and oxygen atoms in total. The third-order valence-corrected chi connectivity index (χ3v) is 4.49. The van der Waals surface area contributed by atoms with Gasteiger partial charge in [-0.3, -0.25) is 4.79 Å². The van der Waals surface area contributed by atoms with Gasteiger partial charge in [0.05, 0.1) is 12.6 Å². The first kappa shape index (κ1) is 18.7. The minimum Gasteiger partial charge on any atom is -0.493 e. The predicted molar refractivity (Wildman–Crippen MR) is 96.3 cm³/mol. The summed E-state index contributed by atoms with van der Waals surface area (Å²) in [4.78, 5) is 12.3. The van der Waals surface area contributed by atoms with Crippen LogP contribution >= 0.6 is 0 Å². The summed E-state index contributed by atoms with van der Waals surface area (Å²) in [6.07, 6.45) is 2.08. The van der Waals surface area contributed by atoms with E-state index >= 15 is 0 Å². The Morgan fingerprint density at radius 3 is 2.67 bits per heavy atom. The maximum absolute atomic E-state index is 12.3. The van der Waals surface area contributed by atoms with Crippen molar-refractivity contribution in [2.75, 3.05) is 25.1 Å². The van der Waals surface area contributed by atoms with Gasteiger partial charge < -0.3 is 20.5 Å². The fraction of sp³-hybridized carbons (Fsp3) is 0.632. The highest BCUT2D eigenvalue weighted by Crippen LogP contribution is 2.26. The van der Waals surface area contributed by atoms with Crippen LogP contribution in [0.2, 0.25) is 0 Å². The minimum atomic E-state index is -0.564. The molecule has 24 heavy (non-hydrogen) atoms. The van der Waals surface area contributed by atoms with E-state index in [1.807, 2.05) is 45.9 Å². The Kier molecular flexibility index (Phi) is 6.24. The molecule has 0 bridgehead atoms. The van der Waals surface area contributed by atoms with Crippen LogP contribution in [0.4, 0.5) is 5.69 Å². The molecular weight excluding hydrogens is 304 g/mol. The van der Waals surface area contributed by atoms with E-state index in [1.54, 1.807) is 0 Å². The highest BCUT2D eigenvalue weighted by Gasteiger charge is 2.27. The Labute approximate surface area is 144 Å². The number of carbonyl (C=O) groups is 1. The van der Waals surface area contributed by atoms with E-state index < -0.39 is 6.04 Å². The van der Waals surface area contributed by atoms with Crippen molar-refractivity contribution in [1.29, 1.82) is 0 Å². The van der Waals surface area contributed by atoms with Gasteiger partial charge in [0.2, 0.25) is 5.91 Å². The van der Waals surface area contributed by atoms with Crippen molar-refractivity contribution in [3.05, 3.63) is 23.8 Å². The molecule has 0 aliphatic carbocycles. The van der Waals surface area contributed by atoms with Gasteiger partial charge in [0.1, 0.15) is 5.75 Å².